The maximum absolute atomic E-state index is 3.67. The molecule has 0 spiro atoms. The number of aryl methyl sites for hydroxylation is 1. The van der Waals surface area contributed by atoms with Crippen LogP contribution in [-0.2, 0) is 0 Å². The fourth-order valence-corrected chi connectivity index (χ4v) is 3.45. The van der Waals surface area contributed by atoms with Crippen LogP contribution < -0.4 is 5.32 Å². The van der Waals surface area contributed by atoms with Gasteiger partial charge in [-0.05, 0) is 77.5 Å². The SMILES string of the molecule is CNC(c1ccc(I)cc1)c1cc(Br)c(C)cc1Br. The van der Waals surface area contributed by atoms with E-state index >= 15 is 0 Å². The second-order valence-electron chi connectivity index (χ2n) is 4.40. The summed E-state index contributed by atoms with van der Waals surface area (Å²) in [6.45, 7) is 2.10. The fourth-order valence-electron chi connectivity index (χ4n) is 2.04. The van der Waals surface area contributed by atoms with Gasteiger partial charge in [-0.15, -0.1) is 0 Å². The first-order valence-corrected chi connectivity index (χ1v) is 8.57. The summed E-state index contributed by atoms with van der Waals surface area (Å²) in [5, 5.41) is 3.39. The quantitative estimate of drug-likeness (QED) is 0.561. The molecule has 0 aliphatic rings. The third-order valence-electron chi connectivity index (χ3n) is 3.08. The molecule has 0 fully saturated rings. The standard InChI is InChI=1S/C15H14Br2IN/c1-9-7-14(17)12(8-13(9)16)15(19-2)10-3-5-11(18)6-4-10/h3-8,15,19H,1-2H3. The number of nitrogens with one attached hydrogen (secondary N) is 1. The lowest BCUT2D eigenvalue weighted by Gasteiger charge is -2.20. The van der Waals surface area contributed by atoms with Crippen LogP contribution in [0.2, 0.25) is 0 Å². The van der Waals surface area contributed by atoms with Gasteiger partial charge in [0, 0.05) is 12.5 Å². The highest BCUT2D eigenvalue weighted by Crippen LogP contribution is 2.33. The Bertz CT molecular complexity index is 581. The fraction of sp³-hybridized carbons (Fsp3) is 0.200. The Morgan fingerprint density at radius 2 is 1.68 bits per heavy atom. The minimum absolute atomic E-state index is 0.184. The Morgan fingerprint density at radius 1 is 1.05 bits per heavy atom. The lowest BCUT2D eigenvalue weighted by Crippen LogP contribution is -2.18. The molecule has 0 aromatic heterocycles. The number of rotatable bonds is 3. The second kappa shape index (κ2) is 6.70. The van der Waals surface area contributed by atoms with Gasteiger partial charge in [-0.1, -0.05) is 44.0 Å². The molecule has 0 heterocycles. The van der Waals surface area contributed by atoms with Gasteiger partial charge in [0.1, 0.15) is 0 Å². The van der Waals surface area contributed by atoms with E-state index in [9.17, 15) is 0 Å². The van der Waals surface area contributed by atoms with Crippen LogP contribution in [0.4, 0.5) is 0 Å². The van der Waals surface area contributed by atoms with Gasteiger partial charge in [-0.3, -0.25) is 0 Å². The highest BCUT2D eigenvalue weighted by atomic mass is 127. The molecule has 1 N–H and O–H groups in total. The molecule has 2 rings (SSSR count). The Kier molecular flexibility index (Phi) is 5.45. The van der Waals surface area contributed by atoms with Crippen molar-refractivity contribution in [3.8, 4) is 0 Å². The van der Waals surface area contributed by atoms with Gasteiger partial charge < -0.3 is 5.32 Å². The topological polar surface area (TPSA) is 12.0 Å². The van der Waals surface area contributed by atoms with Crippen molar-refractivity contribution in [2.45, 2.75) is 13.0 Å². The number of benzene rings is 2. The first-order valence-electron chi connectivity index (χ1n) is 5.91. The van der Waals surface area contributed by atoms with Crippen LogP contribution in [0.15, 0.2) is 45.3 Å². The molecule has 0 aliphatic carbocycles. The van der Waals surface area contributed by atoms with E-state index in [0.29, 0.717) is 0 Å². The molecule has 19 heavy (non-hydrogen) atoms. The van der Waals surface area contributed by atoms with Crippen molar-refractivity contribution in [3.63, 3.8) is 0 Å². The molecule has 100 valence electrons. The zero-order valence-electron chi connectivity index (χ0n) is 10.7. The van der Waals surface area contributed by atoms with Crippen molar-refractivity contribution in [2.24, 2.45) is 0 Å². The minimum atomic E-state index is 0.184. The average molecular weight is 495 g/mol. The molecule has 1 unspecified atom stereocenters. The molecule has 4 heteroatoms. The molecule has 2 aromatic carbocycles. The molecule has 0 bridgehead atoms. The van der Waals surface area contributed by atoms with Crippen LogP contribution in [0, 0.1) is 10.5 Å². The molecule has 0 amide bonds. The first kappa shape index (κ1) is 15.5. The van der Waals surface area contributed by atoms with Gasteiger partial charge >= 0.3 is 0 Å². The van der Waals surface area contributed by atoms with E-state index in [1.165, 1.54) is 20.3 Å². The smallest absolute Gasteiger partial charge is 0.0585 e. The van der Waals surface area contributed by atoms with Gasteiger partial charge in [-0.25, -0.2) is 0 Å². The summed E-state index contributed by atoms with van der Waals surface area (Å²) in [5.74, 6) is 0. The van der Waals surface area contributed by atoms with E-state index in [4.69, 9.17) is 0 Å². The Labute approximate surface area is 144 Å². The summed E-state index contributed by atoms with van der Waals surface area (Å²) in [6, 6.07) is 13.1. The summed E-state index contributed by atoms with van der Waals surface area (Å²) >= 11 is 9.61. The molecular weight excluding hydrogens is 481 g/mol. The van der Waals surface area contributed by atoms with Crippen molar-refractivity contribution < 1.29 is 0 Å². The molecule has 1 nitrogen and oxygen atoms in total. The van der Waals surface area contributed by atoms with Crippen LogP contribution >= 0.6 is 54.5 Å². The van der Waals surface area contributed by atoms with Crippen molar-refractivity contribution in [1.29, 1.82) is 0 Å². The summed E-state index contributed by atoms with van der Waals surface area (Å²) < 4.78 is 3.52. The predicted molar refractivity (Wildman–Crippen MR) is 96.6 cm³/mol. The van der Waals surface area contributed by atoms with Crippen molar-refractivity contribution in [2.75, 3.05) is 7.05 Å². The summed E-state index contributed by atoms with van der Waals surface area (Å²) in [7, 11) is 1.99. The Balaban J connectivity index is 2.47. The maximum Gasteiger partial charge on any atom is 0.0585 e. The predicted octanol–water partition coefficient (Wildman–Crippen LogP) is 5.43. The zero-order valence-corrected chi connectivity index (χ0v) is 16.0. The van der Waals surface area contributed by atoms with E-state index < -0.39 is 0 Å². The van der Waals surface area contributed by atoms with Crippen LogP contribution in [0.5, 0.6) is 0 Å². The Hall–Kier alpha value is 0.0900. The normalized spacial score (nSPS) is 12.5. The van der Waals surface area contributed by atoms with Gasteiger partial charge in [0.2, 0.25) is 0 Å². The maximum atomic E-state index is 3.67. The van der Waals surface area contributed by atoms with Crippen molar-refractivity contribution >= 4 is 54.5 Å². The van der Waals surface area contributed by atoms with Crippen LogP contribution in [0.1, 0.15) is 22.7 Å². The minimum Gasteiger partial charge on any atom is -0.309 e. The lowest BCUT2D eigenvalue weighted by molar-refractivity contribution is 0.688. The van der Waals surface area contributed by atoms with Crippen LogP contribution in [0.25, 0.3) is 0 Å². The zero-order chi connectivity index (χ0) is 14.0. The molecule has 0 aliphatic heterocycles. The molecule has 0 saturated carbocycles. The number of halogens is 3. The summed E-state index contributed by atoms with van der Waals surface area (Å²) in [5.41, 5.74) is 3.73. The first-order chi connectivity index (χ1) is 9.02. The monoisotopic (exact) mass is 493 g/mol. The lowest BCUT2D eigenvalue weighted by atomic mass is 9.98. The van der Waals surface area contributed by atoms with Gasteiger partial charge in [-0.2, -0.15) is 0 Å². The third kappa shape index (κ3) is 3.60. The molecule has 0 saturated heterocycles. The number of hydrogen-bond donors (Lipinski definition) is 1. The third-order valence-corrected chi connectivity index (χ3v) is 5.34. The highest BCUT2D eigenvalue weighted by molar-refractivity contribution is 14.1. The summed E-state index contributed by atoms with van der Waals surface area (Å²) in [6.07, 6.45) is 0. The van der Waals surface area contributed by atoms with Gasteiger partial charge in [0.25, 0.3) is 0 Å². The van der Waals surface area contributed by atoms with Gasteiger partial charge in [0.15, 0.2) is 0 Å². The van der Waals surface area contributed by atoms with E-state index in [1.54, 1.807) is 0 Å². The van der Waals surface area contributed by atoms with Crippen molar-refractivity contribution in [1.82, 2.24) is 5.32 Å². The second-order valence-corrected chi connectivity index (χ2v) is 7.35. The van der Waals surface area contributed by atoms with E-state index in [2.05, 4.69) is 103 Å². The van der Waals surface area contributed by atoms with E-state index in [0.717, 1.165) is 8.95 Å². The Morgan fingerprint density at radius 3 is 2.26 bits per heavy atom. The van der Waals surface area contributed by atoms with Gasteiger partial charge in [0.05, 0.1) is 6.04 Å². The molecule has 2 aromatic rings. The van der Waals surface area contributed by atoms with Crippen LogP contribution in [-0.4, -0.2) is 7.05 Å². The van der Waals surface area contributed by atoms with Crippen molar-refractivity contribution in [3.05, 3.63) is 65.6 Å². The largest absolute Gasteiger partial charge is 0.309 e. The summed E-state index contributed by atoms with van der Waals surface area (Å²) in [4.78, 5) is 0. The highest BCUT2D eigenvalue weighted by Gasteiger charge is 2.16. The average Bonchev–Trinajstić information content (AvgIpc) is 2.38. The molecule has 1 atom stereocenters. The van der Waals surface area contributed by atoms with E-state index in [1.807, 2.05) is 7.05 Å². The number of hydrogen-bond acceptors (Lipinski definition) is 1. The molecule has 0 radical (unpaired) electrons. The van der Waals surface area contributed by atoms with E-state index in [-0.39, 0.29) is 6.04 Å². The van der Waals surface area contributed by atoms with Crippen LogP contribution in [0.3, 0.4) is 0 Å². The molecular formula is C15H14Br2IN.